The number of likely N-dealkylation sites (N-methyl/N-ethyl adjacent to an activating group) is 1. The van der Waals surface area contributed by atoms with Crippen molar-refractivity contribution in [2.75, 3.05) is 46.3 Å². The van der Waals surface area contributed by atoms with Crippen LogP contribution in [-0.2, 0) is 0 Å². The predicted molar refractivity (Wildman–Crippen MR) is 82.8 cm³/mol. The van der Waals surface area contributed by atoms with Gasteiger partial charge in [-0.2, -0.15) is 0 Å². The molecule has 3 heterocycles. The smallest absolute Gasteiger partial charge is 0.0350 e. The van der Waals surface area contributed by atoms with Gasteiger partial charge in [0.15, 0.2) is 0 Å². The molecule has 1 saturated carbocycles. The van der Waals surface area contributed by atoms with E-state index in [0.717, 1.165) is 29.8 Å². The summed E-state index contributed by atoms with van der Waals surface area (Å²) in [6, 6.07) is 1.81. The van der Waals surface area contributed by atoms with Crippen LogP contribution in [0.5, 0.6) is 0 Å². The lowest BCUT2D eigenvalue weighted by atomic mass is 9.87. The largest absolute Gasteiger partial charge is 0.303 e. The van der Waals surface area contributed by atoms with Gasteiger partial charge in [-0.15, -0.1) is 0 Å². The first-order chi connectivity index (χ1) is 9.69. The van der Waals surface area contributed by atoms with Gasteiger partial charge >= 0.3 is 0 Å². The van der Waals surface area contributed by atoms with Gasteiger partial charge < -0.3 is 4.90 Å². The van der Waals surface area contributed by atoms with Crippen LogP contribution in [0.25, 0.3) is 0 Å². The lowest BCUT2D eigenvalue weighted by molar-refractivity contribution is 0.0574. The molecule has 0 N–H and O–H groups in total. The number of fused-ring (bicyclic) bond motifs is 1. The van der Waals surface area contributed by atoms with Crippen molar-refractivity contribution in [2.24, 2.45) is 17.8 Å². The van der Waals surface area contributed by atoms with Crippen LogP contribution in [0, 0.1) is 17.8 Å². The van der Waals surface area contributed by atoms with Crippen LogP contribution in [0.4, 0.5) is 0 Å². The van der Waals surface area contributed by atoms with Gasteiger partial charge in [-0.1, -0.05) is 6.92 Å². The monoisotopic (exact) mass is 277 g/mol. The molecule has 0 bridgehead atoms. The summed E-state index contributed by atoms with van der Waals surface area (Å²) in [6.45, 7) is 10.6. The molecule has 4 aliphatic rings. The maximum Gasteiger partial charge on any atom is 0.0350 e. The maximum absolute atomic E-state index is 2.87. The first-order valence-corrected chi connectivity index (χ1v) is 8.85. The molecule has 3 heteroatoms. The highest BCUT2D eigenvalue weighted by Crippen LogP contribution is 2.37. The molecule has 3 saturated heterocycles. The lowest BCUT2D eigenvalue weighted by Crippen LogP contribution is -2.57. The highest BCUT2D eigenvalue weighted by atomic mass is 15.3. The molecular formula is C17H31N3. The molecule has 114 valence electrons. The van der Waals surface area contributed by atoms with E-state index in [1.807, 2.05) is 0 Å². The fourth-order valence-electron chi connectivity index (χ4n) is 5.17. The number of hydrogen-bond donors (Lipinski definition) is 0. The van der Waals surface area contributed by atoms with Gasteiger partial charge in [-0.05, 0) is 50.5 Å². The zero-order valence-electron chi connectivity index (χ0n) is 13.3. The summed E-state index contributed by atoms with van der Waals surface area (Å²) in [5.41, 5.74) is 0. The normalized spacial score (nSPS) is 44.7. The lowest BCUT2D eigenvalue weighted by Gasteiger charge is -2.42. The maximum atomic E-state index is 2.87. The summed E-state index contributed by atoms with van der Waals surface area (Å²) in [5, 5.41) is 0. The molecule has 0 amide bonds. The third-order valence-electron chi connectivity index (χ3n) is 6.61. The van der Waals surface area contributed by atoms with Crippen LogP contribution in [0.1, 0.15) is 32.6 Å². The number of likely N-dealkylation sites (tertiary alicyclic amines) is 3. The van der Waals surface area contributed by atoms with Crippen molar-refractivity contribution in [2.45, 2.75) is 44.7 Å². The summed E-state index contributed by atoms with van der Waals surface area (Å²) in [4.78, 5) is 8.12. The van der Waals surface area contributed by atoms with Crippen molar-refractivity contribution in [3.05, 3.63) is 0 Å². The Kier molecular flexibility index (Phi) is 3.56. The molecular weight excluding hydrogens is 246 g/mol. The third kappa shape index (κ3) is 2.42. The Balaban J connectivity index is 1.28. The highest BCUT2D eigenvalue weighted by molar-refractivity contribution is 4.99. The third-order valence-corrected chi connectivity index (χ3v) is 6.61. The van der Waals surface area contributed by atoms with Crippen molar-refractivity contribution in [1.29, 1.82) is 0 Å². The van der Waals surface area contributed by atoms with E-state index in [9.17, 15) is 0 Å². The minimum Gasteiger partial charge on any atom is -0.303 e. The second kappa shape index (κ2) is 5.26. The van der Waals surface area contributed by atoms with Crippen molar-refractivity contribution >= 4 is 0 Å². The van der Waals surface area contributed by atoms with Crippen LogP contribution >= 0.6 is 0 Å². The molecule has 20 heavy (non-hydrogen) atoms. The van der Waals surface area contributed by atoms with E-state index in [4.69, 9.17) is 0 Å². The molecule has 4 rings (SSSR count). The van der Waals surface area contributed by atoms with E-state index in [1.54, 1.807) is 0 Å². The Morgan fingerprint density at radius 3 is 1.65 bits per heavy atom. The fraction of sp³-hybridized carbons (Fsp3) is 1.00. The van der Waals surface area contributed by atoms with Gasteiger partial charge in [0.2, 0.25) is 0 Å². The van der Waals surface area contributed by atoms with E-state index in [0.29, 0.717) is 0 Å². The zero-order valence-corrected chi connectivity index (χ0v) is 13.3. The second-order valence-corrected chi connectivity index (χ2v) is 8.22. The average molecular weight is 277 g/mol. The van der Waals surface area contributed by atoms with Crippen LogP contribution in [0.2, 0.25) is 0 Å². The number of nitrogens with zero attached hydrogens (tertiary/aromatic N) is 3. The fourth-order valence-corrected chi connectivity index (χ4v) is 5.17. The molecule has 2 unspecified atom stereocenters. The first-order valence-electron chi connectivity index (χ1n) is 8.85. The molecule has 3 aliphatic heterocycles. The summed E-state index contributed by atoms with van der Waals surface area (Å²) < 4.78 is 0. The van der Waals surface area contributed by atoms with E-state index in [-0.39, 0.29) is 0 Å². The van der Waals surface area contributed by atoms with Gasteiger partial charge in [0.1, 0.15) is 0 Å². The minimum atomic E-state index is 0.884. The topological polar surface area (TPSA) is 9.72 Å². The van der Waals surface area contributed by atoms with Gasteiger partial charge in [0.05, 0.1) is 0 Å². The highest BCUT2D eigenvalue weighted by Gasteiger charge is 2.45. The van der Waals surface area contributed by atoms with Gasteiger partial charge in [0, 0.05) is 51.4 Å². The Bertz CT molecular complexity index is 330. The van der Waals surface area contributed by atoms with E-state index >= 15 is 0 Å². The Hall–Kier alpha value is -0.120. The molecule has 0 aromatic rings. The SMILES string of the molecule is CC1CCC(N2CC3CN(C4CN(C)C4)CC3C2)CC1. The van der Waals surface area contributed by atoms with Crippen molar-refractivity contribution < 1.29 is 0 Å². The first kappa shape index (κ1) is 13.5. The molecule has 2 atom stereocenters. The van der Waals surface area contributed by atoms with Gasteiger partial charge in [-0.3, -0.25) is 9.80 Å². The molecule has 1 aliphatic carbocycles. The molecule has 4 fully saturated rings. The minimum absolute atomic E-state index is 0.884. The Morgan fingerprint density at radius 2 is 1.15 bits per heavy atom. The zero-order chi connectivity index (χ0) is 13.7. The van der Waals surface area contributed by atoms with E-state index < -0.39 is 0 Å². The van der Waals surface area contributed by atoms with Crippen LogP contribution in [0.15, 0.2) is 0 Å². The molecule has 0 radical (unpaired) electrons. The molecule has 0 spiro atoms. The van der Waals surface area contributed by atoms with Crippen LogP contribution in [0.3, 0.4) is 0 Å². The molecule has 0 aromatic heterocycles. The summed E-state index contributed by atoms with van der Waals surface area (Å²) in [6.07, 6.45) is 5.88. The van der Waals surface area contributed by atoms with Crippen LogP contribution < -0.4 is 0 Å². The quantitative estimate of drug-likeness (QED) is 0.761. The Labute approximate surface area is 124 Å². The van der Waals surface area contributed by atoms with E-state index in [2.05, 4.69) is 28.7 Å². The Morgan fingerprint density at radius 1 is 0.650 bits per heavy atom. The summed E-state index contributed by atoms with van der Waals surface area (Å²) >= 11 is 0. The number of rotatable bonds is 2. The number of hydrogen-bond acceptors (Lipinski definition) is 3. The van der Waals surface area contributed by atoms with Crippen molar-refractivity contribution in [3.63, 3.8) is 0 Å². The van der Waals surface area contributed by atoms with Crippen molar-refractivity contribution in [3.8, 4) is 0 Å². The predicted octanol–water partition coefficient (Wildman–Crippen LogP) is 1.74. The summed E-state index contributed by atoms with van der Waals surface area (Å²) in [7, 11) is 2.25. The van der Waals surface area contributed by atoms with Crippen LogP contribution in [-0.4, -0.2) is 73.1 Å². The summed E-state index contributed by atoms with van der Waals surface area (Å²) in [5.74, 6) is 2.96. The second-order valence-electron chi connectivity index (χ2n) is 8.22. The standard InChI is InChI=1S/C17H31N3/c1-13-3-5-16(6-4-13)19-7-14-9-20(10-15(14)8-19)17-11-18(2)12-17/h13-17H,3-12H2,1-2H3. The van der Waals surface area contributed by atoms with Crippen molar-refractivity contribution in [1.82, 2.24) is 14.7 Å². The van der Waals surface area contributed by atoms with E-state index in [1.165, 1.54) is 65.0 Å². The van der Waals surface area contributed by atoms with Gasteiger partial charge in [0.25, 0.3) is 0 Å². The molecule has 3 nitrogen and oxygen atoms in total. The molecule has 0 aromatic carbocycles. The van der Waals surface area contributed by atoms with Gasteiger partial charge in [-0.25, -0.2) is 0 Å². The average Bonchev–Trinajstić information content (AvgIpc) is 2.94.